The summed E-state index contributed by atoms with van der Waals surface area (Å²) in [5.41, 5.74) is 12.8. The quantitative estimate of drug-likeness (QED) is 0.265. The lowest BCUT2D eigenvalue weighted by Gasteiger charge is -2.26. The van der Waals surface area contributed by atoms with Crippen LogP contribution < -0.4 is 22.1 Å². The topological polar surface area (TPSA) is 168 Å². The Hall–Kier alpha value is -3.92. The van der Waals surface area contributed by atoms with E-state index >= 15 is 0 Å². The molecule has 188 valence electrons. The Labute approximate surface area is 204 Å². The number of benzene rings is 2. The summed E-state index contributed by atoms with van der Waals surface area (Å²) in [4.78, 5) is 50.9. The van der Waals surface area contributed by atoms with E-state index in [0.29, 0.717) is 13.0 Å². The van der Waals surface area contributed by atoms with Crippen LogP contribution in [0.3, 0.4) is 0 Å². The van der Waals surface area contributed by atoms with Crippen LogP contribution >= 0.6 is 0 Å². The number of nitrogens with two attached hydrogens (primary N) is 2. The van der Waals surface area contributed by atoms with Crippen molar-refractivity contribution in [3.05, 3.63) is 65.7 Å². The summed E-state index contributed by atoms with van der Waals surface area (Å²) < 4.78 is 0. The largest absolute Gasteiger partial charge is 0.508 e. The van der Waals surface area contributed by atoms with E-state index in [1.54, 1.807) is 12.1 Å². The van der Waals surface area contributed by atoms with Crippen molar-refractivity contribution in [2.75, 3.05) is 19.6 Å². The maximum atomic E-state index is 13.0. The van der Waals surface area contributed by atoms with Gasteiger partial charge in [0.15, 0.2) is 0 Å². The molecular weight excluding hydrogens is 450 g/mol. The fourth-order valence-electron chi connectivity index (χ4n) is 3.51. The molecule has 0 heterocycles. The van der Waals surface area contributed by atoms with E-state index in [1.807, 2.05) is 37.3 Å². The van der Waals surface area contributed by atoms with Crippen LogP contribution in [0.25, 0.3) is 0 Å². The highest BCUT2D eigenvalue weighted by Crippen LogP contribution is 2.12. The molecule has 7 N–H and O–H groups in total. The fourth-order valence-corrected chi connectivity index (χ4v) is 3.51. The second kappa shape index (κ2) is 13.7. The summed E-state index contributed by atoms with van der Waals surface area (Å²) in [6, 6.07) is 13.6. The Kier molecular flexibility index (Phi) is 10.7. The number of amides is 4. The average molecular weight is 484 g/mol. The number of hydrogen-bond donors (Lipinski definition) is 5. The van der Waals surface area contributed by atoms with Crippen LogP contribution in [0, 0.1) is 0 Å². The van der Waals surface area contributed by atoms with Crippen molar-refractivity contribution in [2.45, 2.75) is 38.3 Å². The second-order valence-electron chi connectivity index (χ2n) is 8.23. The number of nitrogens with zero attached hydrogens (tertiary/aromatic N) is 1. The van der Waals surface area contributed by atoms with Gasteiger partial charge in [-0.25, -0.2) is 0 Å². The first-order chi connectivity index (χ1) is 16.7. The van der Waals surface area contributed by atoms with Crippen LogP contribution in [-0.2, 0) is 32.0 Å². The molecule has 2 rings (SSSR count). The van der Waals surface area contributed by atoms with Gasteiger partial charge in [-0.05, 0) is 36.1 Å². The molecular formula is C25H33N5O5. The van der Waals surface area contributed by atoms with Crippen LogP contribution in [0.1, 0.15) is 24.5 Å². The second-order valence-corrected chi connectivity index (χ2v) is 8.23. The number of hydrogen-bond acceptors (Lipinski definition) is 6. The van der Waals surface area contributed by atoms with E-state index < -0.39 is 35.7 Å². The van der Waals surface area contributed by atoms with Gasteiger partial charge in [0.05, 0.1) is 19.1 Å². The van der Waals surface area contributed by atoms with Gasteiger partial charge in [-0.1, -0.05) is 49.4 Å². The Morgan fingerprint density at radius 1 is 0.971 bits per heavy atom. The minimum absolute atomic E-state index is 0.114. The molecule has 1 unspecified atom stereocenters. The molecule has 0 aliphatic carbocycles. The molecule has 0 fully saturated rings. The molecule has 35 heavy (non-hydrogen) atoms. The van der Waals surface area contributed by atoms with Crippen molar-refractivity contribution in [1.29, 1.82) is 0 Å². The van der Waals surface area contributed by atoms with Crippen LogP contribution in [0.4, 0.5) is 0 Å². The highest BCUT2D eigenvalue weighted by Gasteiger charge is 2.26. The molecule has 0 aliphatic heterocycles. The number of aromatic hydroxyl groups is 1. The van der Waals surface area contributed by atoms with Crippen molar-refractivity contribution < 1.29 is 24.3 Å². The Bertz CT molecular complexity index is 997. The molecule has 2 aromatic carbocycles. The van der Waals surface area contributed by atoms with Gasteiger partial charge >= 0.3 is 0 Å². The average Bonchev–Trinajstić information content (AvgIpc) is 2.83. The van der Waals surface area contributed by atoms with Gasteiger partial charge < -0.3 is 32.1 Å². The van der Waals surface area contributed by atoms with Crippen molar-refractivity contribution in [1.82, 2.24) is 15.5 Å². The predicted octanol–water partition coefficient (Wildman–Crippen LogP) is -0.170. The molecule has 0 bridgehead atoms. The molecule has 0 aromatic heterocycles. The van der Waals surface area contributed by atoms with Crippen LogP contribution in [0.15, 0.2) is 54.6 Å². The smallest absolute Gasteiger partial charge is 0.243 e. The monoisotopic (exact) mass is 483 g/mol. The molecule has 0 spiro atoms. The van der Waals surface area contributed by atoms with E-state index in [4.69, 9.17) is 11.5 Å². The summed E-state index contributed by atoms with van der Waals surface area (Å²) in [7, 11) is 0. The van der Waals surface area contributed by atoms with Crippen LogP contribution in [-0.4, -0.2) is 65.4 Å². The molecule has 0 aliphatic rings. The molecule has 10 heteroatoms. The SMILES string of the molecule is CCCN(CC(=O)N[C@@H](Cc1ccccc1)C(=O)NCC(N)=O)C(=O)C(N)Cc1ccc(O)cc1. The molecule has 0 radical (unpaired) electrons. The highest BCUT2D eigenvalue weighted by atomic mass is 16.3. The first kappa shape index (κ1) is 27.3. The number of nitrogens with one attached hydrogen (secondary N) is 2. The Balaban J connectivity index is 2.06. The fraction of sp³-hybridized carbons (Fsp3) is 0.360. The lowest BCUT2D eigenvalue weighted by Crippen LogP contribution is -2.53. The number of phenols is 1. The Morgan fingerprint density at radius 3 is 2.20 bits per heavy atom. The van der Waals surface area contributed by atoms with Gasteiger partial charge in [-0.3, -0.25) is 19.2 Å². The maximum Gasteiger partial charge on any atom is 0.243 e. The molecule has 10 nitrogen and oxygen atoms in total. The van der Waals surface area contributed by atoms with Crippen molar-refractivity contribution in [3.8, 4) is 5.75 Å². The van der Waals surface area contributed by atoms with Crippen molar-refractivity contribution in [3.63, 3.8) is 0 Å². The third-order valence-corrected chi connectivity index (χ3v) is 5.22. The third-order valence-electron chi connectivity index (χ3n) is 5.22. The van der Waals surface area contributed by atoms with E-state index in [0.717, 1.165) is 11.1 Å². The zero-order valence-corrected chi connectivity index (χ0v) is 19.8. The zero-order valence-electron chi connectivity index (χ0n) is 19.8. The molecule has 4 amide bonds. The number of carbonyl (C=O) groups excluding carboxylic acids is 4. The highest BCUT2D eigenvalue weighted by molar-refractivity contribution is 5.92. The number of phenolic OH excluding ortho intramolecular Hbond substituents is 1. The van der Waals surface area contributed by atoms with Gasteiger partial charge in [0.25, 0.3) is 0 Å². The molecule has 0 saturated heterocycles. The summed E-state index contributed by atoms with van der Waals surface area (Å²) >= 11 is 0. The lowest BCUT2D eigenvalue weighted by atomic mass is 10.0. The lowest BCUT2D eigenvalue weighted by molar-refractivity contribution is -0.138. The zero-order chi connectivity index (χ0) is 25.8. The maximum absolute atomic E-state index is 13.0. The third kappa shape index (κ3) is 9.46. The van der Waals surface area contributed by atoms with Gasteiger partial charge in [-0.2, -0.15) is 0 Å². The van der Waals surface area contributed by atoms with Gasteiger partial charge in [0.2, 0.25) is 23.6 Å². The van der Waals surface area contributed by atoms with E-state index in [9.17, 15) is 24.3 Å². The molecule has 0 saturated carbocycles. The standard InChI is InChI=1S/C25H33N5O5/c1-2-12-30(25(35)20(26)13-18-8-10-19(31)11-9-18)16-23(33)29-21(24(34)28-15-22(27)32)14-17-6-4-3-5-7-17/h3-11,20-21,31H,2,12-16,26H2,1H3,(H2,27,32)(H,28,34)(H,29,33)/t20?,21-/m0/s1. The summed E-state index contributed by atoms with van der Waals surface area (Å²) in [6.07, 6.45) is 1.05. The van der Waals surface area contributed by atoms with Crippen molar-refractivity contribution in [2.24, 2.45) is 11.5 Å². The normalized spacial score (nSPS) is 12.3. The van der Waals surface area contributed by atoms with E-state index in [2.05, 4.69) is 10.6 Å². The van der Waals surface area contributed by atoms with E-state index in [-0.39, 0.29) is 31.7 Å². The van der Waals surface area contributed by atoms with Crippen molar-refractivity contribution >= 4 is 23.6 Å². The first-order valence-corrected chi connectivity index (χ1v) is 11.4. The number of carbonyl (C=O) groups is 4. The summed E-state index contributed by atoms with van der Waals surface area (Å²) in [5, 5.41) is 14.5. The van der Waals surface area contributed by atoms with E-state index in [1.165, 1.54) is 17.0 Å². The minimum Gasteiger partial charge on any atom is -0.508 e. The number of primary amides is 1. The summed E-state index contributed by atoms with van der Waals surface area (Å²) in [5.74, 6) is -2.07. The van der Waals surface area contributed by atoms with Gasteiger partial charge in [0, 0.05) is 13.0 Å². The van der Waals surface area contributed by atoms with Gasteiger partial charge in [-0.15, -0.1) is 0 Å². The first-order valence-electron chi connectivity index (χ1n) is 11.4. The van der Waals surface area contributed by atoms with Crippen LogP contribution in [0.5, 0.6) is 5.75 Å². The predicted molar refractivity (Wildman–Crippen MR) is 131 cm³/mol. The molecule has 2 atom stereocenters. The number of rotatable bonds is 13. The van der Waals surface area contributed by atoms with Gasteiger partial charge in [0.1, 0.15) is 11.8 Å². The minimum atomic E-state index is -0.964. The Morgan fingerprint density at radius 2 is 1.60 bits per heavy atom. The molecule has 2 aromatic rings. The van der Waals surface area contributed by atoms with Crippen LogP contribution in [0.2, 0.25) is 0 Å². The summed E-state index contributed by atoms with van der Waals surface area (Å²) in [6.45, 7) is 1.56.